The molecule has 0 aliphatic heterocycles. The number of furan rings is 1. The molecule has 0 fully saturated rings. The van der Waals surface area contributed by atoms with Gasteiger partial charge in [-0.2, -0.15) is 0 Å². The van der Waals surface area contributed by atoms with Crippen molar-refractivity contribution in [1.82, 2.24) is 0 Å². The van der Waals surface area contributed by atoms with Gasteiger partial charge in [0, 0.05) is 10.9 Å². The fourth-order valence-electron chi connectivity index (χ4n) is 4.31. The zero-order valence-corrected chi connectivity index (χ0v) is 22.2. The second kappa shape index (κ2) is 11.6. The van der Waals surface area contributed by atoms with Crippen molar-refractivity contribution in [3.63, 3.8) is 0 Å². The number of esters is 1. The molecule has 0 bridgehead atoms. The molecule has 0 aliphatic rings. The summed E-state index contributed by atoms with van der Waals surface area (Å²) in [6.45, 7) is 0. The summed E-state index contributed by atoms with van der Waals surface area (Å²) < 4.78 is 27.8. The van der Waals surface area contributed by atoms with Gasteiger partial charge in [-0.1, -0.05) is 48.5 Å². The monoisotopic (exact) mass is 534 g/mol. The first-order valence-electron chi connectivity index (χ1n) is 12.4. The van der Waals surface area contributed by atoms with E-state index in [9.17, 15) is 9.59 Å². The molecule has 7 nitrogen and oxygen atoms in total. The number of hydrogen-bond donors (Lipinski definition) is 0. The van der Waals surface area contributed by atoms with Crippen LogP contribution in [0.4, 0.5) is 0 Å². The van der Waals surface area contributed by atoms with Gasteiger partial charge in [0.15, 0.2) is 5.78 Å². The molecule has 5 rings (SSSR count). The van der Waals surface area contributed by atoms with Gasteiger partial charge in [-0.3, -0.25) is 4.79 Å². The zero-order chi connectivity index (χ0) is 28.1. The highest BCUT2D eigenvalue weighted by molar-refractivity contribution is 6.10. The van der Waals surface area contributed by atoms with Gasteiger partial charge in [-0.25, -0.2) is 4.79 Å². The number of ether oxygens (including phenoxy) is 4. The molecule has 5 aromatic rings. The summed E-state index contributed by atoms with van der Waals surface area (Å²) in [5.41, 5.74) is 2.61. The van der Waals surface area contributed by atoms with E-state index >= 15 is 0 Å². The molecule has 0 saturated carbocycles. The van der Waals surface area contributed by atoms with Gasteiger partial charge in [0.05, 0.1) is 26.9 Å². The quantitative estimate of drug-likeness (QED) is 0.0853. The molecule has 40 heavy (non-hydrogen) atoms. The number of allylic oxidation sites excluding steroid dienone is 1. The van der Waals surface area contributed by atoms with E-state index in [1.165, 1.54) is 20.3 Å². The van der Waals surface area contributed by atoms with Crippen molar-refractivity contribution in [2.45, 2.75) is 0 Å². The summed E-state index contributed by atoms with van der Waals surface area (Å²) in [7, 11) is 4.60. The van der Waals surface area contributed by atoms with E-state index < -0.39 is 5.97 Å². The maximum absolute atomic E-state index is 13.6. The van der Waals surface area contributed by atoms with Gasteiger partial charge in [-0.05, 0) is 60.2 Å². The number of hydrogen-bond acceptors (Lipinski definition) is 7. The van der Waals surface area contributed by atoms with Gasteiger partial charge >= 0.3 is 5.97 Å². The number of fused-ring (bicyclic) bond motifs is 1. The molecule has 0 atom stereocenters. The average Bonchev–Trinajstić information content (AvgIpc) is 3.39. The molecule has 0 N–H and O–H groups in total. The molecule has 1 aromatic heterocycles. The van der Waals surface area contributed by atoms with Crippen LogP contribution < -0.4 is 18.9 Å². The van der Waals surface area contributed by atoms with Crippen molar-refractivity contribution in [2.75, 3.05) is 21.3 Å². The minimum Gasteiger partial charge on any atom is -0.497 e. The second-order valence-corrected chi connectivity index (χ2v) is 8.76. The van der Waals surface area contributed by atoms with E-state index in [-0.39, 0.29) is 5.78 Å². The molecule has 0 amide bonds. The maximum Gasteiger partial charge on any atom is 0.348 e. The van der Waals surface area contributed by atoms with Crippen molar-refractivity contribution < 1.29 is 33.0 Å². The summed E-state index contributed by atoms with van der Waals surface area (Å²) in [5.74, 6) is 1.46. The Morgan fingerprint density at radius 3 is 2.23 bits per heavy atom. The van der Waals surface area contributed by atoms with E-state index in [2.05, 4.69) is 0 Å². The molecule has 200 valence electrons. The minimum atomic E-state index is -0.579. The van der Waals surface area contributed by atoms with Crippen molar-refractivity contribution in [3.05, 3.63) is 114 Å². The Kier molecular flexibility index (Phi) is 7.64. The van der Waals surface area contributed by atoms with Gasteiger partial charge in [-0.15, -0.1) is 0 Å². The number of ketones is 1. The first kappa shape index (κ1) is 26.3. The SMILES string of the molecule is COc1ccc(OC)c(C(=O)/C=C/c2cccc(OC(=O)c3c(-c4ccccc4)oc4ccc(OC)cc34)c2)c1. The number of carbonyl (C=O) groups excluding carboxylic acids is 2. The van der Waals surface area contributed by atoms with Crippen LogP contribution in [0, 0.1) is 0 Å². The normalized spacial score (nSPS) is 11.0. The number of rotatable bonds is 9. The summed E-state index contributed by atoms with van der Waals surface area (Å²) >= 11 is 0. The smallest absolute Gasteiger partial charge is 0.348 e. The average molecular weight is 535 g/mol. The van der Waals surface area contributed by atoms with Gasteiger partial charge in [0.1, 0.15) is 39.9 Å². The van der Waals surface area contributed by atoms with Crippen molar-refractivity contribution >= 4 is 28.8 Å². The lowest BCUT2D eigenvalue weighted by atomic mass is 10.1. The topological polar surface area (TPSA) is 84.2 Å². The van der Waals surface area contributed by atoms with E-state index in [1.54, 1.807) is 73.8 Å². The van der Waals surface area contributed by atoms with Crippen LogP contribution in [0.2, 0.25) is 0 Å². The van der Waals surface area contributed by atoms with Crippen LogP contribution in [-0.2, 0) is 0 Å². The minimum absolute atomic E-state index is 0.260. The highest BCUT2D eigenvalue weighted by atomic mass is 16.5. The highest BCUT2D eigenvalue weighted by Gasteiger charge is 2.24. The maximum atomic E-state index is 13.6. The lowest BCUT2D eigenvalue weighted by Crippen LogP contribution is -2.09. The molecule has 0 radical (unpaired) electrons. The Morgan fingerprint density at radius 2 is 1.48 bits per heavy atom. The number of methoxy groups -OCH3 is 3. The molecule has 0 saturated heterocycles. The van der Waals surface area contributed by atoms with E-state index in [1.807, 2.05) is 30.3 Å². The van der Waals surface area contributed by atoms with Crippen LogP contribution in [0.25, 0.3) is 28.4 Å². The first-order valence-corrected chi connectivity index (χ1v) is 12.4. The predicted molar refractivity (Wildman–Crippen MR) is 153 cm³/mol. The Hall–Kier alpha value is -5.30. The lowest BCUT2D eigenvalue weighted by molar-refractivity contribution is 0.0736. The van der Waals surface area contributed by atoms with Crippen LogP contribution >= 0.6 is 0 Å². The van der Waals surface area contributed by atoms with Crippen molar-refractivity contribution in [3.8, 4) is 34.3 Å². The fraction of sp³-hybridized carbons (Fsp3) is 0.0909. The van der Waals surface area contributed by atoms with Crippen LogP contribution in [0.3, 0.4) is 0 Å². The standard InChI is InChI=1S/C33H26O7/c1-36-23-13-16-29(38-3)26(19-23)28(34)15-12-21-8-7-11-25(18-21)39-33(35)31-27-20-24(37-2)14-17-30(27)40-32(31)22-9-5-4-6-10-22/h4-20H,1-3H3/b15-12+. The third kappa shape index (κ3) is 5.44. The summed E-state index contributed by atoms with van der Waals surface area (Å²) in [6.07, 6.45) is 3.08. The molecule has 0 unspecified atom stereocenters. The lowest BCUT2D eigenvalue weighted by Gasteiger charge is -2.08. The predicted octanol–water partition coefficient (Wildman–Crippen LogP) is 7.24. The Bertz CT molecular complexity index is 1710. The molecular weight excluding hydrogens is 508 g/mol. The molecule has 0 spiro atoms. The zero-order valence-electron chi connectivity index (χ0n) is 22.2. The van der Waals surface area contributed by atoms with Crippen LogP contribution in [-0.4, -0.2) is 33.1 Å². The molecule has 1 heterocycles. The largest absolute Gasteiger partial charge is 0.497 e. The van der Waals surface area contributed by atoms with Crippen molar-refractivity contribution in [1.29, 1.82) is 0 Å². The highest BCUT2D eigenvalue weighted by Crippen LogP contribution is 2.36. The van der Waals surface area contributed by atoms with E-state index in [0.29, 0.717) is 56.4 Å². The van der Waals surface area contributed by atoms with E-state index in [0.717, 1.165) is 5.56 Å². The summed E-state index contributed by atoms with van der Waals surface area (Å²) in [4.78, 5) is 26.5. The summed E-state index contributed by atoms with van der Waals surface area (Å²) in [6, 6.07) is 26.6. The van der Waals surface area contributed by atoms with Crippen LogP contribution in [0.5, 0.6) is 23.0 Å². The third-order valence-electron chi connectivity index (χ3n) is 6.30. The molecule has 7 heteroatoms. The first-order chi connectivity index (χ1) is 19.5. The fourth-order valence-corrected chi connectivity index (χ4v) is 4.31. The van der Waals surface area contributed by atoms with Gasteiger partial charge in [0.25, 0.3) is 0 Å². The molecule has 0 aliphatic carbocycles. The van der Waals surface area contributed by atoms with Crippen LogP contribution in [0.15, 0.2) is 101 Å². The van der Waals surface area contributed by atoms with E-state index in [4.69, 9.17) is 23.4 Å². The molecule has 4 aromatic carbocycles. The Balaban J connectivity index is 1.43. The Labute approximate surface area is 231 Å². The van der Waals surface area contributed by atoms with Gasteiger partial charge in [0.2, 0.25) is 0 Å². The van der Waals surface area contributed by atoms with Crippen LogP contribution in [0.1, 0.15) is 26.3 Å². The Morgan fingerprint density at radius 1 is 0.725 bits per heavy atom. The third-order valence-corrected chi connectivity index (χ3v) is 6.30. The van der Waals surface area contributed by atoms with Crippen molar-refractivity contribution in [2.24, 2.45) is 0 Å². The number of carbonyl (C=O) groups is 2. The molecular formula is C33H26O7. The number of benzene rings is 4. The van der Waals surface area contributed by atoms with Gasteiger partial charge < -0.3 is 23.4 Å². The summed E-state index contributed by atoms with van der Waals surface area (Å²) in [5, 5.41) is 0.581. The second-order valence-electron chi connectivity index (χ2n) is 8.76.